The number of carbonyl (C=O) groups is 3. The number of likely N-dealkylation sites (N-methyl/N-ethyl adjacent to an activating group) is 1. The molecule has 0 saturated carbocycles. The number of hydrogen-bond acceptors (Lipinski definition) is 5. The molecule has 0 unspecified atom stereocenters. The minimum atomic E-state index is -4.66. The zero-order chi connectivity index (χ0) is 28.7. The highest BCUT2D eigenvalue weighted by molar-refractivity contribution is 5.93. The molecule has 3 atom stereocenters. The number of nitro groups is 1. The number of halogens is 3. The number of amides is 3. The molecular weight excluding hydrogens is 493 g/mol. The first kappa shape index (κ1) is 31.8. The van der Waals surface area contributed by atoms with Crippen molar-refractivity contribution in [3.05, 3.63) is 45.5 Å². The largest absolute Gasteiger partial charge is 0.416 e. The lowest BCUT2D eigenvalue weighted by molar-refractivity contribution is -0.486. The second kappa shape index (κ2) is 12.9. The number of alkyl halides is 3. The molecule has 37 heavy (non-hydrogen) atoms. The van der Waals surface area contributed by atoms with Crippen molar-refractivity contribution in [3.63, 3.8) is 0 Å². The molecule has 1 aromatic carbocycles. The second-order valence-corrected chi connectivity index (χ2v) is 10.8. The van der Waals surface area contributed by atoms with E-state index in [4.69, 9.17) is 0 Å². The van der Waals surface area contributed by atoms with Gasteiger partial charge in [0.1, 0.15) is 18.0 Å². The maximum Gasteiger partial charge on any atom is 0.416 e. The molecule has 12 heteroatoms. The first-order chi connectivity index (χ1) is 16.8. The Bertz CT molecular complexity index is 974. The fraction of sp³-hybridized carbons (Fsp3) is 0.640. The lowest BCUT2D eigenvalue weighted by Crippen LogP contribution is -2.59. The second-order valence-electron chi connectivity index (χ2n) is 10.8. The highest BCUT2D eigenvalue weighted by Gasteiger charge is 2.39. The maximum absolute atomic E-state index is 13.5. The summed E-state index contributed by atoms with van der Waals surface area (Å²) in [6.07, 6.45) is -4.86. The van der Waals surface area contributed by atoms with Gasteiger partial charge in [0.25, 0.3) is 0 Å². The van der Waals surface area contributed by atoms with Crippen molar-refractivity contribution in [1.82, 2.24) is 15.5 Å². The van der Waals surface area contributed by atoms with Crippen molar-refractivity contribution in [2.75, 3.05) is 20.6 Å². The summed E-state index contributed by atoms with van der Waals surface area (Å²) in [6, 6.07) is 2.22. The molecule has 0 aromatic heterocycles. The molecule has 0 spiro atoms. The van der Waals surface area contributed by atoms with E-state index in [0.717, 1.165) is 11.0 Å². The molecule has 0 aliphatic heterocycles. The van der Waals surface area contributed by atoms with Crippen LogP contribution >= 0.6 is 0 Å². The van der Waals surface area contributed by atoms with Crippen molar-refractivity contribution in [2.24, 2.45) is 17.3 Å². The molecule has 0 radical (unpaired) electrons. The monoisotopic (exact) mass is 530 g/mol. The van der Waals surface area contributed by atoms with E-state index in [-0.39, 0.29) is 17.9 Å². The third-order valence-corrected chi connectivity index (χ3v) is 5.71. The minimum absolute atomic E-state index is 0.0200. The quantitative estimate of drug-likeness (QED) is 0.336. The Balaban J connectivity index is 3.29. The Morgan fingerprint density at radius 2 is 1.59 bits per heavy atom. The number of nitrogens with zero attached hydrogens (tertiary/aromatic N) is 2. The molecule has 208 valence electrons. The molecule has 0 aliphatic rings. The van der Waals surface area contributed by atoms with E-state index in [0.29, 0.717) is 0 Å². The smallest absolute Gasteiger partial charge is 0.347 e. The summed E-state index contributed by atoms with van der Waals surface area (Å²) >= 11 is 0. The number of hydrogen-bond donors (Lipinski definition) is 2. The molecule has 0 heterocycles. The van der Waals surface area contributed by atoms with E-state index in [1.54, 1.807) is 20.8 Å². The Kier molecular flexibility index (Phi) is 11.1. The van der Waals surface area contributed by atoms with Gasteiger partial charge in [-0.1, -0.05) is 52.8 Å². The van der Waals surface area contributed by atoms with Gasteiger partial charge < -0.3 is 15.5 Å². The molecule has 9 nitrogen and oxygen atoms in total. The van der Waals surface area contributed by atoms with Gasteiger partial charge in [0.05, 0.1) is 5.56 Å². The molecular formula is C25H37F3N4O5. The van der Waals surface area contributed by atoms with Crippen LogP contribution in [0.3, 0.4) is 0 Å². The van der Waals surface area contributed by atoms with Crippen LogP contribution in [0, 0.1) is 27.4 Å². The molecule has 0 aliphatic carbocycles. The number of carbonyl (C=O) groups excluding carboxylic acids is 3. The van der Waals surface area contributed by atoms with Gasteiger partial charge in [0.15, 0.2) is 0 Å². The highest BCUT2D eigenvalue weighted by Crippen LogP contribution is 2.32. The lowest BCUT2D eigenvalue weighted by Gasteiger charge is -2.33. The Hall–Kier alpha value is -3.18. The molecule has 1 rings (SSSR count). The Morgan fingerprint density at radius 3 is 2.05 bits per heavy atom. The van der Waals surface area contributed by atoms with Crippen LogP contribution in [0.2, 0.25) is 0 Å². The van der Waals surface area contributed by atoms with Gasteiger partial charge in [-0.3, -0.25) is 24.5 Å². The van der Waals surface area contributed by atoms with Gasteiger partial charge in [-0.25, -0.2) is 0 Å². The number of nitrogens with one attached hydrogen (secondary N) is 2. The zero-order valence-electron chi connectivity index (χ0n) is 22.3. The van der Waals surface area contributed by atoms with Crippen molar-refractivity contribution < 1.29 is 32.5 Å². The molecule has 3 amide bonds. The molecule has 2 N–H and O–H groups in total. The number of rotatable bonds is 11. The minimum Gasteiger partial charge on any atom is -0.347 e. The van der Waals surface area contributed by atoms with Gasteiger partial charge in [-0.2, -0.15) is 13.2 Å². The summed E-state index contributed by atoms with van der Waals surface area (Å²) in [5.41, 5.74) is -1.97. The van der Waals surface area contributed by atoms with Crippen molar-refractivity contribution in [2.45, 2.75) is 65.7 Å². The van der Waals surface area contributed by atoms with Crippen LogP contribution < -0.4 is 10.6 Å². The van der Waals surface area contributed by atoms with E-state index in [1.165, 1.54) is 32.3 Å². The highest BCUT2D eigenvalue weighted by atomic mass is 19.4. The van der Waals surface area contributed by atoms with Crippen molar-refractivity contribution in [3.8, 4) is 0 Å². The van der Waals surface area contributed by atoms with Gasteiger partial charge in [0, 0.05) is 25.4 Å². The molecule has 0 bridgehead atoms. The van der Waals surface area contributed by atoms with Crippen LogP contribution in [0.5, 0.6) is 0 Å². The summed E-state index contributed by atoms with van der Waals surface area (Å²) in [5.74, 6) is -3.09. The van der Waals surface area contributed by atoms with Crippen LogP contribution in [-0.4, -0.2) is 60.3 Å². The third-order valence-electron chi connectivity index (χ3n) is 5.71. The van der Waals surface area contributed by atoms with Crippen LogP contribution in [0.15, 0.2) is 24.3 Å². The standard InChI is InChI=1S/C25H37F3N4O5/c1-15(2)12-17(14-32(36)37)21(33)30-20(24(3,4)5)22(34)29-19(23(35)31(6)7)13-16-10-8-9-11-18(16)25(26,27)28/h8-11,15,17,19-20H,12-14H2,1-7H3,(H,29,34)(H,30,33)/t17-,19+,20-/m1/s1. The first-order valence-corrected chi connectivity index (χ1v) is 11.9. The third kappa shape index (κ3) is 10.0. The predicted molar refractivity (Wildman–Crippen MR) is 132 cm³/mol. The van der Waals surface area contributed by atoms with Gasteiger partial charge >= 0.3 is 6.18 Å². The fourth-order valence-electron chi connectivity index (χ4n) is 3.91. The van der Waals surface area contributed by atoms with Gasteiger partial charge in [-0.15, -0.1) is 0 Å². The van der Waals surface area contributed by atoms with Crippen LogP contribution in [0.1, 0.15) is 52.2 Å². The summed E-state index contributed by atoms with van der Waals surface area (Å²) in [4.78, 5) is 50.8. The predicted octanol–water partition coefficient (Wildman–Crippen LogP) is 3.29. The van der Waals surface area contributed by atoms with Crippen molar-refractivity contribution in [1.29, 1.82) is 0 Å². The van der Waals surface area contributed by atoms with E-state index in [1.807, 2.05) is 13.8 Å². The van der Waals surface area contributed by atoms with Gasteiger partial charge in [-0.05, 0) is 29.4 Å². The average molecular weight is 531 g/mol. The number of benzene rings is 1. The lowest BCUT2D eigenvalue weighted by atomic mass is 9.85. The zero-order valence-corrected chi connectivity index (χ0v) is 22.3. The molecule has 0 fully saturated rings. The fourth-order valence-corrected chi connectivity index (χ4v) is 3.91. The Morgan fingerprint density at radius 1 is 1.03 bits per heavy atom. The summed E-state index contributed by atoms with van der Waals surface area (Å²) in [7, 11) is 2.82. The summed E-state index contributed by atoms with van der Waals surface area (Å²) in [6.45, 7) is 7.98. The van der Waals surface area contributed by atoms with Crippen LogP contribution in [-0.2, 0) is 27.0 Å². The maximum atomic E-state index is 13.5. The SMILES string of the molecule is CC(C)C[C@H](C[N+](=O)[O-])C(=O)N[C@H](C(=O)N[C@@H](Cc1ccccc1C(F)(F)F)C(=O)N(C)C)C(C)(C)C. The molecule has 1 aromatic rings. The topological polar surface area (TPSA) is 122 Å². The van der Waals surface area contributed by atoms with E-state index in [2.05, 4.69) is 10.6 Å². The van der Waals surface area contributed by atoms with E-state index >= 15 is 0 Å². The normalized spacial score (nSPS) is 14.5. The summed E-state index contributed by atoms with van der Waals surface area (Å²) < 4.78 is 40.6. The van der Waals surface area contributed by atoms with Crippen LogP contribution in [0.25, 0.3) is 0 Å². The Labute approximate surface area is 215 Å². The van der Waals surface area contributed by atoms with Crippen LogP contribution in [0.4, 0.5) is 13.2 Å². The van der Waals surface area contributed by atoms with Crippen molar-refractivity contribution >= 4 is 17.7 Å². The van der Waals surface area contributed by atoms with E-state index < -0.39 is 70.8 Å². The van der Waals surface area contributed by atoms with E-state index in [9.17, 15) is 37.7 Å². The molecule has 0 saturated heterocycles. The average Bonchev–Trinajstić information content (AvgIpc) is 2.73. The first-order valence-electron chi connectivity index (χ1n) is 11.9. The summed E-state index contributed by atoms with van der Waals surface area (Å²) in [5, 5.41) is 16.2. The van der Waals surface area contributed by atoms with Gasteiger partial charge in [0.2, 0.25) is 24.3 Å².